The third kappa shape index (κ3) is 4.03. The average Bonchev–Trinajstić information content (AvgIpc) is 2.61. The molecule has 0 unspecified atom stereocenters. The summed E-state index contributed by atoms with van der Waals surface area (Å²) >= 11 is 0. The van der Waals surface area contributed by atoms with E-state index < -0.39 is 0 Å². The summed E-state index contributed by atoms with van der Waals surface area (Å²) in [7, 11) is 0. The highest BCUT2D eigenvalue weighted by Gasteiger charge is 1.89. The van der Waals surface area contributed by atoms with Crippen molar-refractivity contribution < 1.29 is 0 Å². The first-order chi connectivity index (χ1) is 7.29. The van der Waals surface area contributed by atoms with Crippen LogP contribution in [0.4, 0.5) is 0 Å². The van der Waals surface area contributed by atoms with Crippen LogP contribution in [0.5, 0.6) is 0 Å². The molecule has 15 heavy (non-hydrogen) atoms. The highest BCUT2D eigenvalue weighted by molar-refractivity contribution is 5.43. The number of hydrogen-bond donors (Lipinski definition) is 1. The lowest BCUT2D eigenvalue weighted by molar-refractivity contribution is 1.32. The predicted octanol–water partition coefficient (Wildman–Crippen LogP) is 2.67. The molecular weight excluding hydrogens is 182 g/mol. The molecule has 1 heteroatoms. The lowest BCUT2D eigenvalue weighted by atomic mass is 10.2. The Labute approximate surface area is 92.5 Å². The monoisotopic (exact) mass is 203 g/mol. The van der Waals surface area contributed by atoms with Crippen LogP contribution in [0.15, 0.2) is 31.0 Å². The minimum absolute atomic E-state index is 1.13. The zero-order valence-electron chi connectivity index (χ0n) is 10.2. The van der Waals surface area contributed by atoms with E-state index in [1.54, 1.807) is 0 Å². The minimum Gasteiger partial charge on any atom is -0.361 e. The Morgan fingerprint density at radius 2 is 1.93 bits per heavy atom. The fraction of sp³-hybridized carbons (Fsp3) is 0.286. The average molecular weight is 203 g/mol. The van der Waals surface area contributed by atoms with Crippen LogP contribution < -0.4 is 10.6 Å². The van der Waals surface area contributed by atoms with Gasteiger partial charge in [-0.05, 0) is 25.5 Å². The lowest BCUT2D eigenvalue weighted by Crippen LogP contribution is -2.23. The number of aryl methyl sites for hydroxylation is 1. The SMILES string of the molecule is C=C/C=c1/c(C)c[nH]/c1=C/C=C\C.CC. The van der Waals surface area contributed by atoms with Gasteiger partial charge in [0.1, 0.15) is 0 Å². The fourth-order valence-electron chi connectivity index (χ4n) is 1.22. The second kappa shape index (κ2) is 7.86. The third-order valence-corrected chi connectivity index (χ3v) is 1.90. The largest absolute Gasteiger partial charge is 0.361 e. The second-order valence-electron chi connectivity index (χ2n) is 2.89. The quantitative estimate of drug-likeness (QED) is 0.760. The molecule has 1 nitrogen and oxygen atoms in total. The van der Waals surface area contributed by atoms with Crippen LogP contribution in [0, 0.1) is 6.92 Å². The number of rotatable bonds is 2. The molecule has 0 atom stereocenters. The summed E-state index contributed by atoms with van der Waals surface area (Å²) in [5, 5.41) is 2.35. The smallest absolute Gasteiger partial charge is 0.0456 e. The van der Waals surface area contributed by atoms with Gasteiger partial charge < -0.3 is 4.98 Å². The standard InChI is InChI=1S/C12H15N.C2H6/c1-4-6-8-12-11(7-5-2)10(3)9-13-12;1-2/h4-9,13H,2H2,1,3H3;1-2H3/b6-4-,11-7-,12-8+;. The summed E-state index contributed by atoms with van der Waals surface area (Å²) in [6.07, 6.45) is 11.9. The zero-order chi connectivity index (χ0) is 11.7. The van der Waals surface area contributed by atoms with Crippen molar-refractivity contribution in [1.82, 2.24) is 4.98 Å². The Hall–Kier alpha value is -1.50. The van der Waals surface area contributed by atoms with Gasteiger partial charge in [-0.25, -0.2) is 0 Å². The van der Waals surface area contributed by atoms with Gasteiger partial charge in [0.15, 0.2) is 0 Å². The minimum atomic E-state index is 1.13. The molecule has 0 aliphatic heterocycles. The van der Waals surface area contributed by atoms with E-state index in [0.717, 1.165) is 5.35 Å². The van der Waals surface area contributed by atoms with Crippen molar-refractivity contribution >= 4 is 12.2 Å². The predicted molar refractivity (Wildman–Crippen MR) is 70.1 cm³/mol. The van der Waals surface area contributed by atoms with Gasteiger partial charge in [-0.15, -0.1) is 0 Å². The molecule has 0 bridgehead atoms. The molecule has 0 aliphatic carbocycles. The Kier molecular flexibility index (Phi) is 7.08. The maximum atomic E-state index is 3.70. The molecule has 1 heterocycles. The van der Waals surface area contributed by atoms with E-state index in [0.29, 0.717) is 0 Å². The molecule has 0 saturated carbocycles. The summed E-state index contributed by atoms with van der Waals surface area (Å²) in [5.41, 5.74) is 1.25. The van der Waals surface area contributed by atoms with Gasteiger partial charge >= 0.3 is 0 Å². The Balaban J connectivity index is 0.000000921. The van der Waals surface area contributed by atoms with Gasteiger partial charge in [-0.1, -0.05) is 44.7 Å². The summed E-state index contributed by atoms with van der Waals surface area (Å²) in [4.78, 5) is 3.21. The zero-order valence-corrected chi connectivity index (χ0v) is 10.2. The Bertz CT molecular complexity index is 419. The van der Waals surface area contributed by atoms with E-state index in [-0.39, 0.29) is 0 Å². The maximum absolute atomic E-state index is 3.70. The summed E-state index contributed by atoms with van der Waals surface area (Å²) in [6.45, 7) is 11.8. The Morgan fingerprint density at radius 1 is 1.27 bits per heavy atom. The number of H-pyrrole nitrogens is 1. The molecule has 1 aromatic rings. The number of aromatic nitrogens is 1. The van der Waals surface area contributed by atoms with E-state index in [4.69, 9.17) is 0 Å². The van der Waals surface area contributed by atoms with E-state index >= 15 is 0 Å². The molecule has 0 aromatic carbocycles. The van der Waals surface area contributed by atoms with Crippen LogP contribution >= 0.6 is 0 Å². The number of aromatic amines is 1. The van der Waals surface area contributed by atoms with Crippen LogP contribution in [-0.2, 0) is 0 Å². The highest BCUT2D eigenvalue weighted by Crippen LogP contribution is 1.81. The maximum Gasteiger partial charge on any atom is 0.0456 e. The molecule has 1 rings (SSSR count). The van der Waals surface area contributed by atoms with Gasteiger partial charge in [-0.2, -0.15) is 0 Å². The number of hydrogen-bond acceptors (Lipinski definition) is 0. The van der Waals surface area contributed by atoms with Gasteiger partial charge in [0.05, 0.1) is 0 Å². The lowest BCUT2D eigenvalue weighted by Gasteiger charge is -1.80. The summed E-state index contributed by atoms with van der Waals surface area (Å²) < 4.78 is 0. The van der Waals surface area contributed by atoms with Gasteiger partial charge in [0.25, 0.3) is 0 Å². The van der Waals surface area contributed by atoms with Crippen LogP contribution in [0.25, 0.3) is 12.2 Å². The van der Waals surface area contributed by atoms with Gasteiger partial charge in [0, 0.05) is 16.8 Å². The first kappa shape index (κ1) is 13.5. The molecule has 1 N–H and O–H groups in total. The normalized spacial score (nSPS) is 12.8. The van der Waals surface area contributed by atoms with Crippen molar-refractivity contribution in [2.75, 3.05) is 0 Å². The van der Waals surface area contributed by atoms with Crippen LogP contribution in [-0.4, -0.2) is 4.98 Å². The molecular formula is C14H21N. The highest BCUT2D eigenvalue weighted by atomic mass is 14.7. The fourth-order valence-corrected chi connectivity index (χ4v) is 1.22. The first-order valence-electron chi connectivity index (χ1n) is 5.39. The van der Waals surface area contributed by atoms with Gasteiger partial charge in [-0.3, -0.25) is 0 Å². The van der Waals surface area contributed by atoms with Crippen molar-refractivity contribution in [2.24, 2.45) is 0 Å². The van der Waals surface area contributed by atoms with Crippen molar-refractivity contribution in [3.63, 3.8) is 0 Å². The van der Waals surface area contributed by atoms with Crippen molar-refractivity contribution in [1.29, 1.82) is 0 Å². The molecule has 0 radical (unpaired) electrons. The van der Waals surface area contributed by atoms with Crippen LogP contribution in [0.2, 0.25) is 0 Å². The number of allylic oxidation sites excluding steroid dienone is 3. The summed E-state index contributed by atoms with van der Waals surface area (Å²) in [6, 6.07) is 0. The molecule has 0 aliphatic rings. The molecule has 82 valence electrons. The van der Waals surface area contributed by atoms with Gasteiger partial charge in [0.2, 0.25) is 0 Å². The van der Waals surface area contributed by atoms with E-state index in [2.05, 4.69) is 24.6 Å². The van der Waals surface area contributed by atoms with Crippen molar-refractivity contribution in [3.05, 3.63) is 47.1 Å². The molecule has 0 spiro atoms. The van der Waals surface area contributed by atoms with Crippen LogP contribution in [0.3, 0.4) is 0 Å². The second-order valence-corrected chi connectivity index (χ2v) is 2.89. The topological polar surface area (TPSA) is 15.8 Å². The van der Waals surface area contributed by atoms with E-state index in [1.165, 1.54) is 10.8 Å². The molecule has 0 amide bonds. The summed E-state index contributed by atoms with van der Waals surface area (Å²) in [5.74, 6) is 0. The van der Waals surface area contributed by atoms with E-state index in [1.807, 2.05) is 51.3 Å². The first-order valence-corrected chi connectivity index (χ1v) is 5.39. The number of nitrogens with one attached hydrogen (secondary N) is 1. The van der Waals surface area contributed by atoms with Crippen molar-refractivity contribution in [2.45, 2.75) is 27.7 Å². The molecule has 0 saturated heterocycles. The molecule has 0 fully saturated rings. The Morgan fingerprint density at radius 3 is 2.47 bits per heavy atom. The van der Waals surface area contributed by atoms with Crippen LogP contribution in [0.1, 0.15) is 26.3 Å². The van der Waals surface area contributed by atoms with Crippen molar-refractivity contribution in [3.8, 4) is 0 Å². The van der Waals surface area contributed by atoms with E-state index in [9.17, 15) is 0 Å². The third-order valence-electron chi connectivity index (χ3n) is 1.90. The molecule has 1 aromatic heterocycles.